The van der Waals surface area contributed by atoms with Crippen LogP contribution in [0.5, 0.6) is 0 Å². The smallest absolute Gasteiger partial charge is 0.410 e. The number of amides is 5. The number of hydrogen-bond acceptors (Lipinski definition) is 10. The first-order valence-electron chi connectivity index (χ1n) is 25.4. The molecule has 5 atom stereocenters. The van der Waals surface area contributed by atoms with Crippen molar-refractivity contribution in [3.05, 3.63) is 107 Å². The zero-order valence-corrected chi connectivity index (χ0v) is 43.6. The number of carbonyl (C=O) groups is 5. The Morgan fingerprint density at radius 3 is 1.89 bits per heavy atom. The van der Waals surface area contributed by atoms with E-state index >= 15 is 0 Å². The maximum absolute atomic E-state index is 14.6. The van der Waals surface area contributed by atoms with Crippen molar-refractivity contribution >= 4 is 41.4 Å². The molecule has 0 aliphatic carbocycles. The van der Waals surface area contributed by atoms with Crippen molar-refractivity contribution in [2.24, 2.45) is 16.8 Å². The highest BCUT2D eigenvalue weighted by Crippen LogP contribution is 2.36. The minimum absolute atomic E-state index is 0.0859. The molecule has 388 valence electrons. The number of allylic oxidation sites excluding steroid dienone is 1. The summed E-state index contributed by atoms with van der Waals surface area (Å²) in [5.41, 5.74) is 6.20. The third-order valence-electron chi connectivity index (χ3n) is 13.6. The molecule has 8 rings (SSSR count). The molecule has 0 spiro atoms. The number of rotatable bonds is 12. The third-order valence-corrected chi connectivity index (χ3v) is 13.6. The average Bonchev–Trinajstić information content (AvgIpc) is 4.18. The lowest BCUT2D eigenvalue weighted by atomic mass is 9.95. The number of aromatic nitrogens is 2. The summed E-state index contributed by atoms with van der Waals surface area (Å²) in [5.74, 6) is -0.608. The first kappa shape index (κ1) is 52.3. The van der Waals surface area contributed by atoms with E-state index in [0.717, 1.165) is 57.6 Å². The van der Waals surface area contributed by atoms with E-state index in [1.807, 2.05) is 50.9 Å². The van der Waals surface area contributed by atoms with Crippen LogP contribution in [0.3, 0.4) is 0 Å². The van der Waals surface area contributed by atoms with E-state index in [1.165, 1.54) is 11.0 Å². The number of ether oxygens (including phenoxy) is 3. The molecule has 3 N–H and O–H groups in total. The third kappa shape index (κ3) is 12.3. The van der Waals surface area contributed by atoms with Gasteiger partial charge < -0.3 is 39.6 Å². The summed E-state index contributed by atoms with van der Waals surface area (Å²) in [7, 11) is 0. The van der Waals surface area contributed by atoms with Crippen molar-refractivity contribution in [2.45, 2.75) is 149 Å². The lowest BCUT2D eigenvalue weighted by Crippen LogP contribution is -2.54. The second kappa shape index (κ2) is 21.2. The molecule has 4 aliphatic rings. The molecule has 73 heavy (non-hydrogen) atoms. The fourth-order valence-corrected chi connectivity index (χ4v) is 9.94. The van der Waals surface area contributed by atoms with Crippen molar-refractivity contribution in [1.29, 1.82) is 0 Å². The van der Waals surface area contributed by atoms with Gasteiger partial charge in [0.1, 0.15) is 41.0 Å². The zero-order valence-electron chi connectivity index (χ0n) is 43.6. The maximum Gasteiger partial charge on any atom is 0.410 e. The largest absolute Gasteiger partial charge is 0.444 e. The van der Waals surface area contributed by atoms with Crippen LogP contribution in [-0.2, 0) is 36.9 Å². The predicted octanol–water partition coefficient (Wildman–Crippen LogP) is 9.95. The predicted molar refractivity (Wildman–Crippen MR) is 275 cm³/mol. The minimum Gasteiger partial charge on any atom is -0.444 e. The van der Waals surface area contributed by atoms with Crippen LogP contribution in [0.2, 0.25) is 0 Å². The van der Waals surface area contributed by atoms with Gasteiger partial charge in [0.05, 0.1) is 37.1 Å². The second-order valence-electron chi connectivity index (χ2n) is 22.2. The zero-order chi connectivity index (χ0) is 52.5. The molecule has 5 amide bonds. The standard InChI is InChI=1S/C56H69FN8O8/c1-32(2)47(61-52(68)72-55(5,6)7)50(66)64-24-12-15-45(64)49-59-28-44(60-49)37-22-20-35(21-23-37)34-16-18-36(19-17-34)39-25-43(58-27-39)46-26-40(71-54(70)63-29-38-13-11-14-42(57)41(38)31-63)30-65(46)51(67)48(33(3)4)62-53(69)73-56(8,9)10/h11,13-14,16-23,27-28,32-33,40,45-48H,12,15,24-26,29-31H2,1-10H3,(H,59,60)(H,61,68)(H,62,69)/t40-,45+,46?,47+,48+/m1/s1. The van der Waals surface area contributed by atoms with Crippen LogP contribution in [-0.4, -0.2) is 109 Å². The number of aliphatic imine (C=N–C) groups is 1. The van der Waals surface area contributed by atoms with E-state index in [-0.39, 0.29) is 55.1 Å². The van der Waals surface area contributed by atoms with E-state index in [0.29, 0.717) is 30.8 Å². The van der Waals surface area contributed by atoms with Gasteiger partial charge in [-0.25, -0.2) is 23.8 Å². The Labute approximate surface area is 427 Å². The first-order valence-corrected chi connectivity index (χ1v) is 25.4. The van der Waals surface area contributed by atoms with E-state index in [9.17, 15) is 28.4 Å². The van der Waals surface area contributed by atoms with E-state index in [2.05, 4.69) is 52.0 Å². The van der Waals surface area contributed by atoms with Crippen molar-refractivity contribution < 1.29 is 42.6 Å². The van der Waals surface area contributed by atoms with E-state index in [4.69, 9.17) is 24.2 Å². The Morgan fingerprint density at radius 1 is 0.740 bits per heavy atom. The summed E-state index contributed by atoms with van der Waals surface area (Å²) in [6, 6.07) is 18.8. The molecule has 1 aromatic heterocycles. The molecular weight excluding hydrogens is 932 g/mol. The summed E-state index contributed by atoms with van der Waals surface area (Å²) >= 11 is 0. The summed E-state index contributed by atoms with van der Waals surface area (Å²) in [4.78, 5) is 85.5. The Bertz CT molecular complexity index is 2770. The number of halogens is 1. The number of nitrogens with zero attached hydrogens (tertiary/aromatic N) is 5. The number of imidazole rings is 1. The van der Waals surface area contributed by atoms with Gasteiger partial charge in [-0.1, -0.05) is 88.4 Å². The summed E-state index contributed by atoms with van der Waals surface area (Å²) < 4.78 is 31.6. The van der Waals surface area contributed by atoms with Crippen LogP contribution < -0.4 is 10.6 Å². The van der Waals surface area contributed by atoms with Crippen molar-refractivity contribution in [3.63, 3.8) is 0 Å². The fraction of sp³-hybridized carbons (Fsp3) is 0.482. The number of H-pyrrole nitrogens is 1. The van der Waals surface area contributed by atoms with Gasteiger partial charge in [-0.15, -0.1) is 0 Å². The maximum atomic E-state index is 14.6. The molecule has 16 nitrogen and oxygen atoms in total. The molecule has 2 fully saturated rings. The number of nitrogens with one attached hydrogen (secondary N) is 3. The lowest BCUT2D eigenvalue weighted by molar-refractivity contribution is -0.136. The Kier molecular flexibility index (Phi) is 15.2. The highest BCUT2D eigenvalue weighted by Gasteiger charge is 2.45. The SMILES string of the molecule is CC(C)[C@H](NC(=O)OC(C)(C)C)C(=O)N1C[C@H](OC(=O)N2Cc3cccc(F)c3C2)CC1C1=NC=C(c2ccc(-c3ccc(-c4cnc([C@@H]5CCCN5C(=O)[C@@H](NC(=O)OC(C)(C)C)C(C)C)[nH]4)cc3)cc2)C1. The average molecular weight is 1000 g/mol. The molecule has 0 bridgehead atoms. The van der Waals surface area contributed by atoms with Crippen molar-refractivity contribution in [1.82, 2.24) is 35.3 Å². The topological polar surface area (TPSA) is 188 Å². The number of aromatic amines is 1. The van der Waals surface area contributed by atoms with Crippen LogP contribution in [0.25, 0.3) is 28.0 Å². The van der Waals surface area contributed by atoms with Gasteiger partial charge in [-0.05, 0) is 106 Å². The van der Waals surface area contributed by atoms with Gasteiger partial charge in [0.15, 0.2) is 0 Å². The van der Waals surface area contributed by atoms with E-state index in [1.54, 1.807) is 64.8 Å². The van der Waals surface area contributed by atoms with Gasteiger partial charge in [0.25, 0.3) is 0 Å². The Hall–Kier alpha value is -7.04. The molecular formula is C56H69FN8O8. The fourth-order valence-electron chi connectivity index (χ4n) is 9.94. The number of hydrogen-bond donors (Lipinski definition) is 3. The van der Waals surface area contributed by atoms with E-state index < -0.39 is 53.7 Å². The first-order chi connectivity index (χ1) is 34.5. The quantitative estimate of drug-likeness (QED) is 0.116. The summed E-state index contributed by atoms with van der Waals surface area (Å²) in [5, 5.41) is 5.59. The number of fused-ring (bicyclic) bond motifs is 1. The highest BCUT2D eigenvalue weighted by atomic mass is 19.1. The Morgan fingerprint density at radius 2 is 1.32 bits per heavy atom. The van der Waals surface area contributed by atoms with Crippen LogP contribution in [0.1, 0.15) is 123 Å². The Balaban J connectivity index is 0.917. The lowest BCUT2D eigenvalue weighted by Gasteiger charge is -2.31. The number of benzene rings is 3. The second-order valence-corrected chi connectivity index (χ2v) is 22.2. The van der Waals surface area contributed by atoms with Gasteiger partial charge in [-0.3, -0.25) is 19.5 Å². The van der Waals surface area contributed by atoms with Gasteiger partial charge in [0, 0.05) is 43.4 Å². The monoisotopic (exact) mass is 1000 g/mol. The van der Waals surface area contributed by atoms with Crippen LogP contribution >= 0.6 is 0 Å². The molecule has 0 radical (unpaired) electrons. The van der Waals surface area contributed by atoms with Gasteiger partial charge in [0.2, 0.25) is 11.8 Å². The molecule has 17 heteroatoms. The molecule has 4 aromatic rings. The van der Waals surface area contributed by atoms with Crippen LogP contribution in [0.4, 0.5) is 18.8 Å². The molecule has 5 heterocycles. The van der Waals surface area contributed by atoms with Crippen LogP contribution in [0, 0.1) is 17.7 Å². The molecule has 2 saturated heterocycles. The summed E-state index contributed by atoms with van der Waals surface area (Å²) in [6.45, 7) is 19.1. The molecule has 1 unspecified atom stereocenters. The van der Waals surface area contributed by atoms with Gasteiger partial charge >= 0.3 is 18.3 Å². The molecule has 3 aromatic carbocycles. The van der Waals surface area contributed by atoms with Crippen molar-refractivity contribution in [3.8, 4) is 22.4 Å². The normalized spacial score (nSPS) is 19.6. The number of alkyl carbamates (subject to hydrolysis) is 2. The van der Waals surface area contributed by atoms with Crippen molar-refractivity contribution in [2.75, 3.05) is 13.1 Å². The number of carbonyl (C=O) groups excluding carboxylic acids is 5. The molecule has 4 aliphatic heterocycles. The van der Waals surface area contributed by atoms with Crippen LogP contribution in [0.15, 0.2) is 84.1 Å². The summed E-state index contributed by atoms with van der Waals surface area (Å²) in [6.07, 6.45) is 3.33. The highest BCUT2D eigenvalue weighted by molar-refractivity contribution is 6.04. The minimum atomic E-state index is -0.920. The molecule has 0 saturated carbocycles. The van der Waals surface area contributed by atoms with Gasteiger partial charge in [-0.2, -0.15) is 0 Å². The number of likely N-dealkylation sites (tertiary alicyclic amines) is 2.